The Morgan fingerprint density at radius 2 is 2.10 bits per heavy atom. The van der Waals surface area contributed by atoms with Gasteiger partial charge < -0.3 is 15.3 Å². The molecular weight excluding hydrogens is 286 g/mol. The largest absolute Gasteiger partial charge is 0.479 e. The molecule has 1 heterocycles. The summed E-state index contributed by atoms with van der Waals surface area (Å²) in [5, 5.41) is 16.7. The molecule has 0 radical (unpaired) electrons. The van der Waals surface area contributed by atoms with Crippen LogP contribution in [0.15, 0.2) is 0 Å². The van der Waals surface area contributed by atoms with Gasteiger partial charge in [-0.15, -0.1) is 0 Å². The molecule has 0 bridgehead atoms. The average Bonchev–Trinajstić information content (AvgIpc) is 2.72. The maximum atomic E-state index is 12.0. The molecule has 2 amide bonds. The Labute approximate surface area is 118 Å². The van der Waals surface area contributed by atoms with Crippen molar-refractivity contribution >= 4 is 22.0 Å². The fourth-order valence-corrected chi connectivity index (χ4v) is 2.96. The molecule has 1 atom stereocenters. The van der Waals surface area contributed by atoms with Crippen LogP contribution in [0.4, 0.5) is 4.79 Å². The molecule has 0 saturated carbocycles. The molecule has 116 valence electrons. The minimum atomic E-state index is -3.65. The third-order valence-corrected chi connectivity index (χ3v) is 4.23. The van der Waals surface area contributed by atoms with E-state index >= 15 is 0 Å². The van der Waals surface area contributed by atoms with E-state index in [4.69, 9.17) is 5.14 Å². The summed E-state index contributed by atoms with van der Waals surface area (Å²) in [5.41, 5.74) is -1.18. The fraction of sp³-hybridized carbons (Fsp3) is 0.818. The number of sulfonamides is 1. The second kappa shape index (κ2) is 6.40. The highest BCUT2D eigenvalue weighted by molar-refractivity contribution is 7.89. The minimum Gasteiger partial charge on any atom is -0.479 e. The van der Waals surface area contributed by atoms with E-state index in [0.717, 1.165) is 0 Å². The Balaban J connectivity index is 2.72. The van der Waals surface area contributed by atoms with Crippen molar-refractivity contribution in [3.05, 3.63) is 0 Å². The highest BCUT2D eigenvalue weighted by atomic mass is 32.2. The molecule has 1 aliphatic heterocycles. The van der Waals surface area contributed by atoms with Gasteiger partial charge in [0.1, 0.15) is 5.54 Å². The van der Waals surface area contributed by atoms with Crippen LogP contribution >= 0.6 is 0 Å². The number of likely N-dealkylation sites (tertiary alicyclic amines) is 1. The summed E-state index contributed by atoms with van der Waals surface area (Å²) in [5.74, 6) is -1.39. The van der Waals surface area contributed by atoms with Crippen molar-refractivity contribution < 1.29 is 23.1 Å². The Morgan fingerprint density at radius 3 is 2.60 bits per heavy atom. The second-order valence-electron chi connectivity index (χ2n) is 4.94. The summed E-state index contributed by atoms with van der Waals surface area (Å²) in [6.45, 7) is 2.09. The van der Waals surface area contributed by atoms with E-state index < -0.39 is 27.6 Å². The molecule has 1 rings (SSSR count). The number of rotatable bonds is 6. The molecule has 0 aromatic carbocycles. The molecule has 1 saturated heterocycles. The molecule has 1 fully saturated rings. The summed E-state index contributed by atoms with van der Waals surface area (Å²) < 4.78 is 21.6. The quantitative estimate of drug-likeness (QED) is 0.620. The van der Waals surface area contributed by atoms with E-state index in [1.54, 1.807) is 0 Å². The second-order valence-corrected chi connectivity index (χ2v) is 6.67. The number of amides is 2. The van der Waals surface area contributed by atoms with Crippen molar-refractivity contribution in [2.24, 2.45) is 5.14 Å². The number of hydrogen-bond acceptors (Lipinski definition) is 4. The number of carbonyl (C=O) groups is 2. The molecule has 1 unspecified atom stereocenters. The highest BCUT2D eigenvalue weighted by Crippen LogP contribution is 2.33. The van der Waals surface area contributed by atoms with Crippen molar-refractivity contribution in [1.82, 2.24) is 10.2 Å². The lowest BCUT2D eigenvalue weighted by atomic mass is 9.91. The zero-order valence-electron chi connectivity index (χ0n) is 11.5. The highest BCUT2D eigenvalue weighted by Gasteiger charge is 2.49. The topological polar surface area (TPSA) is 130 Å². The van der Waals surface area contributed by atoms with Gasteiger partial charge in [-0.1, -0.05) is 13.3 Å². The zero-order chi connectivity index (χ0) is 15.4. The van der Waals surface area contributed by atoms with Gasteiger partial charge in [0.05, 0.1) is 5.75 Å². The molecule has 4 N–H and O–H groups in total. The molecule has 0 aromatic rings. The molecule has 0 spiro atoms. The normalized spacial score (nSPS) is 22.8. The Kier molecular flexibility index (Phi) is 5.35. The molecular formula is C11H21N3O5S. The van der Waals surface area contributed by atoms with E-state index in [9.17, 15) is 23.1 Å². The number of carboxylic acid groups (broad SMARTS) is 1. The summed E-state index contributed by atoms with van der Waals surface area (Å²) in [4.78, 5) is 24.9. The van der Waals surface area contributed by atoms with Gasteiger partial charge >= 0.3 is 12.0 Å². The third-order valence-electron chi connectivity index (χ3n) is 3.46. The van der Waals surface area contributed by atoms with E-state index in [2.05, 4.69) is 5.32 Å². The van der Waals surface area contributed by atoms with Gasteiger partial charge in [0.25, 0.3) is 0 Å². The number of carboxylic acids is 1. The standard InChI is InChI=1S/C11H21N3O5S/c1-2-4-11(9(15)16)5-3-7-14(11)10(17)13-6-8-20(12,18)19/h2-8H2,1H3,(H,13,17)(H,15,16)(H2,12,18,19). The van der Waals surface area contributed by atoms with Crippen molar-refractivity contribution in [2.45, 2.75) is 38.1 Å². The summed E-state index contributed by atoms with van der Waals surface area (Å²) in [7, 11) is -3.65. The van der Waals surface area contributed by atoms with Crippen LogP contribution in [0.3, 0.4) is 0 Å². The number of urea groups is 1. The van der Waals surface area contributed by atoms with Crippen molar-refractivity contribution in [3.63, 3.8) is 0 Å². The summed E-state index contributed by atoms with van der Waals surface area (Å²) in [6, 6.07) is -0.554. The van der Waals surface area contributed by atoms with Crippen LogP contribution in [0.2, 0.25) is 0 Å². The van der Waals surface area contributed by atoms with Crippen LogP contribution in [0.5, 0.6) is 0 Å². The van der Waals surface area contributed by atoms with E-state index in [0.29, 0.717) is 32.2 Å². The molecule has 1 aliphatic rings. The molecule has 20 heavy (non-hydrogen) atoms. The van der Waals surface area contributed by atoms with Crippen LogP contribution in [0.1, 0.15) is 32.6 Å². The summed E-state index contributed by atoms with van der Waals surface area (Å²) in [6.07, 6.45) is 2.06. The maximum Gasteiger partial charge on any atom is 0.329 e. The minimum absolute atomic E-state index is 0.129. The Bertz CT molecular complexity index is 478. The van der Waals surface area contributed by atoms with Crippen LogP contribution in [0.25, 0.3) is 0 Å². The van der Waals surface area contributed by atoms with Crippen LogP contribution in [-0.4, -0.2) is 54.8 Å². The molecule has 0 aromatic heterocycles. The number of nitrogens with two attached hydrogens (primary N) is 1. The first kappa shape index (κ1) is 16.7. The number of nitrogens with one attached hydrogen (secondary N) is 1. The van der Waals surface area contributed by atoms with Crippen LogP contribution in [0, 0.1) is 0 Å². The monoisotopic (exact) mass is 307 g/mol. The van der Waals surface area contributed by atoms with Gasteiger partial charge in [-0.2, -0.15) is 0 Å². The van der Waals surface area contributed by atoms with E-state index in [1.807, 2.05) is 6.92 Å². The average molecular weight is 307 g/mol. The van der Waals surface area contributed by atoms with Crippen molar-refractivity contribution in [3.8, 4) is 0 Å². The number of hydrogen-bond donors (Lipinski definition) is 3. The van der Waals surface area contributed by atoms with Gasteiger partial charge in [-0.25, -0.2) is 23.1 Å². The Morgan fingerprint density at radius 1 is 1.45 bits per heavy atom. The first-order chi connectivity index (χ1) is 9.23. The summed E-state index contributed by atoms with van der Waals surface area (Å²) >= 11 is 0. The number of primary sulfonamides is 1. The Hall–Kier alpha value is -1.35. The van der Waals surface area contributed by atoms with Gasteiger partial charge in [0.15, 0.2) is 0 Å². The van der Waals surface area contributed by atoms with Gasteiger partial charge in [0, 0.05) is 13.1 Å². The first-order valence-electron chi connectivity index (χ1n) is 6.52. The van der Waals surface area contributed by atoms with Gasteiger partial charge in [-0.3, -0.25) is 0 Å². The first-order valence-corrected chi connectivity index (χ1v) is 8.24. The third kappa shape index (κ3) is 3.83. The zero-order valence-corrected chi connectivity index (χ0v) is 12.3. The fourth-order valence-electron chi connectivity index (χ4n) is 2.57. The lowest BCUT2D eigenvalue weighted by Crippen LogP contribution is -2.56. The molecule has 0 aliphatic carbocycles. The number of nitrogens with zero attached hydrogens (tertiary/aromatic N) is 1. The molecule has 9 heteroatoms. The van der Waals surface area contributed by atoms with Crippen molar-refractivity contribution in [1.29, 1.82) is 0 Å². The predicted octanol–water partition coefficient (Wildman–Crippen LogP) is -0.296. The van der Waals surface area contributed by atoms with Crippen LogP contribution in [-0.2, 0) is 14.8 Å². The molecule has 8 nitrogen and oxygen atoms in total. The van der Waals surface area contributed by atoms with Gasteiger partial charge in [-0.05, 0) is 19.3 Å². The number of aliphatic carboxylic acids is 1. The van der Waals surface area contributed by atoms with E-state index in [1.165, 1.54) is 4.90 Å². The smallest absolute Gasteiger partial charge is 0.329 e. The van der Waals surface area contributed by atoms with E-state index in [-0.39, 0.29) is 12.3 Å². The van der Waals surface area contributed by atoms with Crippen LogP contribution < -0.4 is 10.5 Å². The maximum absolute atomic E-state index is 12.0. The predicted molar refractivity (Wildman–Crippen MR) is 72.6 cm³/mol. The lowest BCUT2D eigenvalue weighted by molar-refractivity contribution is -0.148. The SMILES string of the molecule is CCCC1(C(=O)O)CCCN1C(=O)NCCS(N)(=O)=O. The number of carbonyl (C=O) groups excluding carboxylic acids is 1. The van der Waals surface area contributed by atoms with Gasteiger partial charge in [0.2, 0.25) is 10.0 Å². The lowest BCUT2D eigenvalue weighted by Gasteiger charge is -2.34. The van der Waals surface area contributed by atoms with Crippen molar-refractivity contribution in [2.75, 3.05) is 18.8 Å².